The third-order valence-electron chi connectivity index (χ3n) is 3.85. The number of hydrogen-bond acceptors (Lipinski definition) is 6. The quantitative estimate of drug-likeness (QED) is 0.363. The third kappa shape index (κ3) is 3.42. The fourth-order valence-electron chi connectivity index (χ4n) is 2.53. The Morgan fingerprint density at radius 2 is 1.93 bits per heavy atom. The summed E-state index contributed by atoms with van der Waals surface area (Å²) < 4.78 is 1.57. The summed E-state index contributed by atoms with van der Waals surface area (Å²) in [5.41, 5.74) is 1.60. The molecule has 0 atom stereocenters. The van der Waals surface area contributed by atoms with E-state index < -0.39 is 10.8 Å². The molecule has 0 saturated carbocycles. The predicted molar refractivity (Wildman–Crippen MR) is 107 cm³/mol. The van der Waals surface area contributed by atoms with Gasteiger partial charge in [0, 0.05) is 33.7 Å². The van der Waals surface area contributed by atoms with Crippen LogP contribution in [0.4, 0.5) is 11.6 Å². The number of nitro groups is 1. The maximum atomic E-state index is 12.3. The van der Waals surface area contributed by atoms with Crippen molar-refractivity contribution in [3.8, 4) is 11.3 Å². The SMILES string of the molecule is O=C(Nc1nc2scc(-c3ccc(Cl)cc3Cl)n2n1)c1ccc([N+](=O)[O-])cc1. The number of carbonyl (C=O) groups excluding carboxylic acids is 1. The lowest BCUT2D eigenvalue weighted by atomic mass is 10.2. The lowest BCUT2D eigenvalue weighted by Crippen LogP contribution is -2.13. The average Bonchev–Trinajstić information content (AvgIpc) is 3.22. The van der Waals surface area contributed by atoms with Crippen LogP contribution >= 0.6 is 34.5 Å². The molecule has 8 nitrogen and oxygen atoms in total. The number of non-ortho nitro benzene ring substituents is 1. The number of rotatable bonds is 4. The summed E-state index contributed by atoms with van der Waals surface area (Å²) >= 11 is 13.6. The molecule has 2 aromatic carbocycles. The molecule has 4 aromatic rings. The van der Waals surface area contributed by atoms with E-state index in [1.807, 2.05) is 5.38 Å². The molecular weight excluding hydrogens is 425 g/mol. The van der Waals surface area contributed by atoms with Crippen LogP contribution in [0.1, 0.15) is 10.4 Å². The van der Waals surface area contributed by atoms with Gasteiger partial charge >= 0.3 is 0 Å². The van der Waals surface area contributed by atoms with Gasteiger partial charge in [-0.05, 0) is 30.3 Å². The normalized spacial score (nSPS) is 10.9. The number of nitrogens with one attached hydrogen (secondary N) is 1. The number of thiazole rings is 1. The van der Waals surface area contributed by atoms with Crippen LogP contribution in [0.25, 0.3) is 16.2 Å². The van der Waals surface area contributed by atoms with Gasteiger partial charge < -0.3 is 0 Å². The van der Waals surface area contributed by atoms with Gasteiger partial charge in [-0.25, -0.2) is 4.52 Å². The molecule has 1 amide bonds. The summed E-state index contributed by atoms with van der Waals surface area (Å²) in [5, 5.41) is 20.4. The number of fused-ring (bicyclic) bond motifs is 1. The van der Waals surface area contributed by atoms with E-state index in [0.717, 1.165) is 5.56 Å². The molecule has 0 radical (unpaired) electrons. The van der Waals surface area contributed by atoms with Crippen molar-refractivity contribution in [2.75, 3.05) is 5.32 Å². The number of carbonyl (C=O) groups is 1. The molecule has 0 fully saturated rings. The topological polar surface area (TPSA) is 102 Å². The molecule has 1 N–H and O–H groups in total. The Bertz CT molecular complexity index is 1220. The largest absolute Gasteiger partial charge is 0.289 e. The molecular formula is C17H9Cl2N5O3S. The van der Waals surface area contributed by atoms with E-state index in [1.54, 1.807) is 22.7 Å². The smallest absolute Gasteiger partial charge is 0.269 e. The molecule has 28 heavy (non-hydrogen) atoms. The first-order valence-electron chi connectivity index (χ1n) is 7.78. The van der Waals surface area contributed by atoms with Crippen molar-refractivity contribution in [3.63, 3.8) is 0 Å². The van der Waals surface area contributed by atoms with E-state index in [9.17, 15) is 14.9 Å². The first kappa shape index (κ1) is 18.4. The maximum absolute atomic E-state index is 12.3. The second-order valence-corrected chi connectivity index (χ2v) is 7.31. The minimum Gasteiger partial charge on any atom is -0.289 e. The van der Waals surface area contributed by atoms with Gasteiger partial charge in [0.05, 0.1) is 15.6 Å². The summed E-state index contributed by atoms with van der Waals surface area (Å²) in [6, 6.07) is 10.4. The summed E-state index contributed by atoms with van der Waals surface area (Å²) in [6.45, 7) is 0. The fraction of sp³-hybridized carbons (Fsp3) is 0. The van der Waals surface area contributed by atoms with Gasteiger partial charge in [-0.3, -0.25) is 20.2 Å². The molecule has 0 spiro atoms. The van der Waals surface area contributed by atoms with Gasteiger partial charge in [-0.1, -0.05) is 23.2 Å². The Balaban J connectivity index is 1.61. The Kier molecular flexibility index (Phi) is 4.71. The highest BCUT2D eigenvalue weighted by Gasteiger charge is 2.16. The van der Waals surface area contributed by atoms with Crippen molar-refractivity contribution in [2.24, 2.45) is 0 Å². The maximum Gasteiger partial charge on any atom is 0.269 e. The zero-order chi connectivity index (χ0) is 19.8. The van der Waals surface area contributed by atoms with Gasteiger partial charge in [0.25, 0.3) is 17.5 Å². The number of aromatic nitrogens is 3. The standard InChI is InChI=1S/C17H9Cl2N5O3S/c18-10-3-6-12(13(19)7-10)14-8-28-17-21-16(22-23(14)17)20-15(25)9-1-4-11(5-2-9)24(26)27/h1-8H,(H,20,22,25). The van der Waals surface area contributed by atoms with Crippen molar-refractivity contribution in [3.05, 3.63) is 73.6 Å². The van der Waals surface area contributed by atoms with Crippen LogP contribution in [-0.4, -0.2) is 25.4 Å². The molecule has 0 unspecified atom stereocenters. The van der Waals surface area contributed by atoms with Crippen LogP contribution in [0.2, 0.25) is 10.0 Å². The third-order valence-corrected chi connectivity index (χ3v) is 5.22. The predicted octanol–water partition coefficient (Wildman–Crippen LogP) is 4.93. The number of nitrogens with zero attached hydrogens (tertiary/aromatic N) is 4. The van der Waals surface area contributed by atoms with Gasteiger partial charge in [-0.15, -0.1) is 16.4 Å². The highest BCUT2D eigenvalue weighted by Crippen LogP contribution is 2.33. The summed E-state index contributed by atoms with van der Waals surface area (Å²) in [5.74, 6) is -0.360. The first-order valence-corrected chi connectivity index (χ1v) is 9.41. The minimum atomic E-state index is -0.532. The van der Waals surface area contributed by atoms with Crippen molar-refractivity contribution >= 4 is 57.0 Å². The molecule has 2 aromatic heterocycles. The molecule has 0 aliphatic heterocycles. The molecule has 0 aliphatic carbocycles. The Labute approximate surface area is 171 Å². The summed E-state index contributed by atoms with van der Waals surface area (Å²) in [4.78, 5) is 27.4. The second-order valence-electron chi connectivity index (χ2n) is 5.63. The Morgan fingerprint density at radius 1 is 1.18 bits per heavy atom. The molecule has 2 heterocycles. The number of amides is 1. The molecule has 0 bridgehead atoms. The number of halogens is 2. The lowest BCUT2D eigenvalue weighted by Gasteiger charge is -2.03. The number of nitro benzene ring substituents is 1. The van der Waals surface area contributed by atoms with E-state index in [2.05, 4.69) is 15.4 Å². The highest BCUT2D eigenvalue weighted by atomic mass is 35.5. The lowest BCUT2D eigenvalue weighted by molar-refractivity contribution is -0.384. The molecule has 140 valence electrons. The van der Waals surface area contributed by atoms with Crippen molar-refractivity contribution in [1.82, 2.24) is 14.6 Å². The van der Waals surface area contributed by atoms with Gasteiger partial charge in [0.15, 0.2) is 0 Å². The molecule has 11 heteroatoms. The van der Waals surface area contributed by atoms with Crippen molar-refractivity contribution in [1.29, 1.82) is 0 Å². The van der Waals surface area contributed by atoms with Crippen molar-refractivity contribution in [2.45, 2.75) is 0 Å². The second kappa shape index (κ2) is 7.19. The molecule has 4 rings (SSSR count). The van der Waals surface area contributed by atoms with Gasteiger partial charge in [0.2, 0.25) is 4.96 Å². The fourth-order valence-corrected chi connectivity index (χ4v) is 3.85. The van der Waals surface area contributed by atoms with Crippen LogP contribution in [0.3, 0.4) is 0 Å². The molecule has 0 saturated heterocycles. The number of anilines is 1. The van der Waals surface area contributed by atoms with Gasteiger partial charge in [0.1, 0.15) is 0 Å². The van der Waals surface area contributed by atoms with Crippen LogP contribution in [0.5, 0.6) is 0 Å². The zero-order valence-corrected chi connectivity index (χ0v) is 16.1. The first-order chi connectivity index (χ1) is 13.4. The zero-order valence-electron chi connectivity index (χ0n) is 13.8. The van der Waals surface area contributed by atoms with E-state index in [1.165, 1.54) is 35.6 Å². The van der Waals surface area contributed by atoms with E-state index in [4.69, 9.17) is 23.2 Å². The van der Waals surface area contributed by atoms with Crippen LogP contribution in [0.15, 0.2) is 47.8 Å². The summed E-state index contributed by atoms with van der Waals surface area (Å²) in [6.07, 6.45) is 0. The van der Waals surface area contributed by atoms with Crippen molar-refractivity contribution < 1.29 is 9.72 Å². The summed E-state index contributed by atoms with van der Waals surface area (Å²) in [7, 11) is 0. The highest BCUT2D eigenvalue weighted by molar-refractivity contribution is 7.15. The molecule has 0 aliphatic rings. The van der Waals surface area contributed by atoms with E-state index in [-0.39, 0.29) is 17.2 Å². The van der Waals surface area contributed by atoms with Crippen LogP contribution in [0, 0.1) is 10.1 Å². The van der Waals surface area contributed by atoms with Crippen LogP contribution < -0.4 is 5.32 Å². The van der Waals surface area contributed by atoms with E-state index in [0.29, 0.717) is 20.7 Å². The van der Waals surface area contributed by atoms with E-state index >= 15 is 0 Å². The average molecular weight is 434 g/mol. The van der Waals surface area contributed by atoms with Crippen LogP contribution in [-0.2, 0) is 0 Å². The Hall–Kier alpha value is -3.01. The minimum absolute atomic E-state index is 0.0957. The Morgan fingerprint density at radius 3 is 2.61 bits per heavy atom. The van der Waals surface area contributed by atoms with Gasteiger partial charge in [-0.2, -0.15) is 4.98 Å². The number of hydrogen-bond donors (Lipinski definition) is 1. The number of benzene rings is 2. The monoisotopic (exact) mass is 433 g/mol.